The van der Waals surface area contributed by atoms with E-state index in [1.165, 1.54) is 5.56 Å². The van der Waals surface area contributed by atoms with Gasteiger partial charge in [-0.15, -0.1) is 0 Å². The van der Waals surface area contributed by atoms with Crippen LogP contribution in [0, 0.1) is 0 Å². The van der Waals surface area contributed by atoms with Crippen LogP contribution >= 0.6 is 0 Å². The lowest BCUT2D eigenvalue weighted by atomic mass is 10.1. The summed E-state index contributed by atoms with van der Waals surface area (Å²) in [7, 11) is 3.97. The molecule has 2 aromatic rings. The monoisotopic (exact) mass is 273 g/mol. The maximum Gasteiger partial charge on any atom is 0.130 e. The molecular weight excluding hydrogens is 250 g/mol. The second-order valence-electron chi connectivity index (χ2n) is 5.16. The molecule has 1 unspecified atom stereocenters. The molecule has 108 valence electrons. The highest BCUT2D eigenvalue weighted by atomic mass is 16.5. The summed E-state index contributed by atoms with van der Waals surface area (Å²) in [6, 6.07) is 8.91. The molecule has 0 fully saturated rings. The number of imidazole rings is 1. The Labute approximate surface area is 120 Å². The van der Waals surface area contributed by atoms with Crippen molar-refractivity contribution >= 4 is 0 Å². The fourth-order valence-corrected chi connectivity index (χ4v) is 1.96. The van der Waals surface area contributed by atoms with Crippen LogP contribution < -0.4 is 10.1 Å². The number of rotatable bonds is 7. The maximum atomic E-state index is 5.76. The minimum absolute atomic E-state index is 0.548. The van der Waals surface area contributed by atoms with Crippen LogP contribution in [0.1, 0.15) is 24.6 Å². The van der Waals surface area contributed by atoms with Crippen LogP contribution in [-0.2, 0) is 20.1 Å². The molecule has 0 saturated carbocycles. The lowest BCUT2D eigenvalue weighted by molar-refractivity contribution is 0.297. The molecule has 0 aliphatic carbocycles. The van der Waals surface area contributed by atoms with Gasteiger partial charge in [-0.1, -0.05) is 12.1 Å². The third-order valence-electron chi connectivity index (χ3n) is 3.59. The number of hydrogen-bond acceptors (Lipinski definition) is 3. The van der Waals surface area contributed by atoms with Crippen LogP contribution in [0.3, 0.4) is 0 Å². The molecule has 0 bridgehead atoms. The van der Waals surface area contributed by atoms with Crippen LogP contribution in [0.4, 0.5) is 0 Å². The highest BCUT2D eigenvalue weighted by molar-refractivity contribution is 5.27. The van der Waals surface area contributed by atoms with Crippen molar-refractivity contribution < 1.29 is 4.74 Å². The zero-order chi connectivity index (χ0) is 14.4. The number of nitrogens with one attached hydrogen (secondary N) is 1. The zero-order valence-corrected chi connectivity index (χ0v) is 12.5. The van der Waals surface area contributed by atoms with Gasteiger partial charge < -0.3 is 14.6 Å². The van der Waals surface area contributed by atoms with Crippen molar-refractivity contribution in [3.8, 4) is 5.75 Å². The Morgan fingerprint density at radius 2 is 2.05 bits per heavy atom. The predicted octanol–water partition coefficient (Wildman–Crippen LogP) is 2.54. The molecule has 0 spiro atoms. The van der Waals surface area contributed by atoms with Gasteiger partial charge in [-0.2, -0.15) is 0 Å². The van der Waals surface area contributed by atoms with Gasteiger partial charge in [0.05, 0.1) is 18.2 Å². The van der Waals surface area contributed by atoms with Crippen molar-refractivity contribution in [2.24, 2.45) is 7.05 Å². The lowest BCUT2D eigenvalue weighted by Gasteiger charge is -2.10. The molecule has 0 saturated heterocycles. The summed E-state index contributed by atoms with van der Waals surface area (Å²) < 4.78 is 7.73. The van der Waals surface area contributed by atoms with Crippen LogP contribution in [-0.4, -0.2) is 22.6 Å². The molecule has 4 nitrogen and oxygen atoms in total. The van der Waals surface area contributed by atoms with Gasteiger partial charge >= 0.3 is 0 Å². The summed E-state index contributed by atoms with van der Waals surface area (Å²) >= 11 is 0. The smallest absolute Gasteiger partial charge is 0.130 e. The summed E-state index contributed by atoms with van der Waals surface area (Å²) in [5.41, 5.74) is 2.41. The third kappa shape index (κ3) is 4.10. The van der Waals surface area contributed by atoms with Crippen LogP contribution in [0.5, 0.6) is 5.75 Å². The summed E-state index contributed by atoms with van der Waals surface area (Å²) in [6.45, 7) is 2.75. The molecular formula is C16H23N3O. The molecule has 0 aliphatic rings. The number of ether oxygens (including phenoxy) is 1. The van der Waals surface area contributed by atoms with Crippen LogP contribution in [0.2, 0.25) is 0 Å². The van der Waals surface area contributed by atoms with Crippen LogP contribution in [0.15, 0.2) is 36.8 Å². The van der Waals surface area contributed by atoms with Gasteiger partial charge in [0.1, 0.15) is 12.4 Å². The minimum Gasteiger partial charge on any atom is -0.487 e. The maximum absolute atomic E-state index is 5.76. The Balaban J connectivity index is 1.84. The number of hydrogen-bond donors (Lipinski definition) is 1. The van der Waals surface area contributed by atoms with E-state index in [2.05, 4.69) is 29.4 Å². The molecule has 1 aromatic heterocycles. The first-order valence-electron chi connectivity index (χ1n) is 7.03. The van der Waals surface area contributed by atoms with Gasteiger partial charge in [0.15, 0.2) is 0 Å². The van der Waals surface area contributed by atoms with Crippen molar-refractivity contribution in [2.45, 2.75) is 32.4 Å². The van der Waals surface area contributed by atoms with E-state index in [0.717, 1.165) is 24.3 Å². The van der Waals surface area contributed by atoms with Gasteiger partial charge in [-0.25, -0.2) is 4.98 Å². The van der Waals surface area contributed by atoms with E-state index >= 15 is 0 Å². The number of nitrogens with zero attached hydrogens (tertiary/aromatic N) is 2. The second-order valence-corrected chi connectivity index (χ2v) is 5.16. The third-order valence-corrected chi connectivity index (χ3v) is 3.59. The van der Waals surface area contributed by atoms with E-state index in [-0.39, 0.29) is 0 Å². The molecule has 0 radical (unpaired) electrons. The first-order chi connectivity index (χ1) is 9.69. The summed E-state index contributed by atoms with van der Waals surface area (Å²) in [5.74, 6) is 0.900. The number of benzene rings is 1. The van der Waals surface area contributed by atoms with E-state index in [0.29, 0.717) is 12.6 Å². The molecule has 1 heterocycles. The number of aromatic nitrogens is 2. The van der Waals surface area contributed by atoms with E-state index in [1.54, 1.807) is 6.33 Å². The first kappa shape index (κ1) is 14.6. The Morgan fingerprint density at radius 3 is 2.65 bits per heavy atom. The summed E-state index contributed by atoms with van der Waals surface area (Å²) in [5, 5.41) is 3.25. The summed E-state index contributed by atoms with van der Waals surface area (Å²) in [4.78, 5) is 4.07. The van der Waals surface area contributed by atoms with E-state index < -0.39 is 0 Å². The molecule has 1 atom stereocenters. The molecule has 0 amide bonds. The number of aryl methyl sites for hydroxylation is 2. The van der Waals surface area contributed by atoms with Gasteiger partial charge in [-0.05, 0) is 44.5 Å². The van der Waals surface area contributed by atoms with Gasteiger partial charge in [0.25, 0.3) is 0 Å². The minimum atomic E-state index is 0.548. The standard InChI is InChI=1S/C16H23N3O/c1-13(17-2)4-5-14-6-8-16(9-7-14)20-11-15-10-18-12-19(15)3/h6-10,12-13,17H,4-5,11H2,1-3H3. The SMILES string of the molecule is CNC(C)CCc1ccc(OCc2cncn2C)cc1. The molecule has 1 N–H and O–H groups in total. The zero-order valence-electron chi connectivity index (χ0n) is 12.5. The Bertz CT molecular complexity index is 519. The first-order valence-corrected chi connectivity index (χ1v) is 7.03. The average molecular weight is 273 g/mol. The van der Waals surface area contributed by atoms with Crippen LogP contribution in [0.25, 0.3) is 0 Å². The molecule has 1 aromatic carbocycles. The largest absolute Gasteiger partial charge is 0.487 e. The Hall–Kier alpha value is -1.81. The second kappa shape index (κ2) is 7.10. The predicted molar refractivity (Wildman–Crippen MR) is 80.8 cm³/mol. The van der Waals surface area contributed by atoms with E-state index in [4.69, 9.17) is 4.74 Å². The van der Waals surface area contributed by atoms with E-state index in [1.807, 2.05) is 37.0 Å². The topological polar surface area (TPSA) is 39.1 Å². The summed E-state index contributed by atoms with van der Waals surface area (Å²) in [6.07, 6.45) is 5.84. The van der Waals surface area contributed by atoms with Gasteiger partial charge in [0, 0.05) is 13.1 Å². The van der Waals surface area contributed by atoms with Crippen molar-refractivity contribution in [3.05, 3.63) is 48.0 Å². The highest BCUT2D eigenvalue weighted by Gasteiger charge is 2.02. The van der Waals surface area contributed by atoms with Crippen molar-refractivity contribution in [3.63, 3.8) is 0 Å². The normalized spacial score (nSPS) is 12.3. The molecule has 0 aliphatic heterocycles. The fourth-order valence-electron chi connectivity index (χ4n) is 1.96. The van der Waals surface area contributed by atoms with Crippen molar-refractivity contribution in [1.82, 2.24) is 14.9 Å². The average Bonchev–Trinajstić information content (AvgIpc) is 2.89. The quantitative estimate of drug-likeness (QED) is 0.842. The molecule has 4 heteroatoms. The van der Waals surface area contributed by atoms with E-state index in [9.17, 15) is 0 Å². The fraction of sp³-hybridized carbons (Fsp3) is 0.438. The lowest BCUT2D eigenvalue weighted by Crippen LogP contribution is -2.21. The highest BCUT2D eigenvalue weighted by Crippen LogP contribution is 2.15. The van der Waals surface area contributed by atoms with Gasteiger partial charge in [-0.3, -0.25) is 0 Å². The van der Waals surface area contributed by atoms with Crippen molar-refractivity contribution in [1.29, 1.82) is 0 Å². The van der Waals surface area contributed by atoms with Crippen molar-refractivity contribution in [2.75, 3.05) is 7.05 Å². The molecule has 2 rings (SSSR count). The Kier molecular flexibility index (Phi) is 5.18. The Morgan fingerprint density at radius 1 is 1.30 bits per heavy atom. The molecule has 20 heavy (non-hydrogen) atoms. The van der Waals surface area contributed by atoms with Gasteiger partial charge in [0.2, 0.25) is 0 Å².